The van der Waals surface area contributed by atoms with Crippen molar-refractivity contribution in [2.45, 2.75) is 65.8 Å². The quantitative estimate of drug-likeness (QED) is 0.401. The van der Waals surface area contributed by atoms with E-state index in [0.29, 0.717) is 6.04 Å². The van der Waals surface area contributed by atoms with Gasteiger partial charge in [-0.15, -0.1) is 24.0 Å². The minimum Gasteiger partial charge on any atom is -0.356 e. The van der Waals surface area contributed by atoms with Crippen LogP contribution >= 0.6 is 24.0 Å². The highest BCUT2D eigenvalue weighted by Gasteiger charge is 2.21. The summed E-state index contributed by atoms with van der Waals surface area (Å²) in [6.45, 7) is 9.85. The summed E-state index contributed by atoms with van der Waals surface area (Å²) >= 11 is 0. The Morgan fingerprint density at radius 2 is 2.00 bits per heavy atom. The third kappa shape index (κ3) is 6.15. The maximum Gasteiger partial charge on any atom is 0.191 e. The highest BCUT2D eigenvalue weighted by atomic mass is 127. The molecular formula is C19H36IN5. The van der Waals surface area contributed by atoms with E-state index in [0.717, 1.165) is 36.5 Å². The lowest BCUT2D eigenvalue weighted by atomic mass is 9.80. The number of guanidine groups is 1. The van der Waals surface area contributed by atoms with Crippen LogP contribution in [0.3, 0.4) is 0 Å². The van der Waals surface area contributed by atoms with Crippen LogP contribution in [0.5, 0.6) is 0 Å². The van der Waals surface area contributed by atoms with E-state index in [2.05, 4.69) is 48.4 Å². The number of hydrogen-bond donors (Lipinski definition) is 2. The number of nitrogens with zero attached hydrogens (tertiary/aromatic N) is 3. The van der Waals surface area contributed by atoms with Crippen LogP contribution in [0.4, 0.5) is 0 Å². The number of aryl methyl sites for hydroxylation is 2. The molecule has 144 valence electrons. The first-order valence-electron chi connectivity index (χ1n) is 9.38. The van der Waals surface area contributed by atoms with E-state index in [9.17, 15) is 0 Å². The van der Waals surface area contributed by atoms with Gasteiger partial charge in [0.25, 0.3) is 0 Å². The largest absolute Gasteiger partial charge is 0.356 e. The van der Waals surface area contributed by atoms with Gasteiger partial charge in [-0.3, -0.25) is 9.67 Å². The molecule has 3 unspecified atom stereocenters. The summed E-state index contributed by atoms with van der Waals surface area (Å²) in [5, 5.41) is 11.6. The zero-order valence-corrected chi connectivity index (χ0v) is 19.1. The Morgan fingerprint density at radius 3 is 2.56 bits per heavy atom. The summed E-state index contributed by atoms with van der Waals surface area (Å²) in [7, 11) is 3.86. The van der Waals surface area contributed by atoms with Crippen molar-refractivity contribution in [1.82, 2.24) is 20.4 Å². The first-order chi connectivity index (χ1) is 11.4. The molecule has 1 aliphatic rings. The molecule has 6 heteroatoms. The minimum atomic E-state index is 0. The second-order valence-electron chi connectivity index (χ2n) is 7.50. The molecule has 0 saturated heterocycles. The summed E-state index contributed by atoms with van der Waals surface area (Å²) in [4.78, 5) is 4.40. The van der Waals surface area contributed by atoms with E-state index in [-0.39, 0.29) is 24.0 Å². The molecule has 1 heterocycles. The van der Waals surface area contributed by atoms with Gasteiger partial charge in [-0.2, -0.15) is 5.10 Å². The summed E-state index contributed by atoms with van der Waals surface area (Å²) in [6, 6.07) is 0.321. The van der Waals surface area contributed by atoms with Crippen LogP contribution in [-0.2, 0) is 13.5 Å². The van der Waals surface area contributed by atoms with Crippen molar-refractivity contribution in [3.05, 3.63) is 17.0 Å². The number of nitrogens with one attached hydrogen (secondary N) is 2. The third-order valence-corrected chi connectivity index (χ3v) is 5.60. The molecule has 1 fully saturated rings. The number of aliphatic imine (C=N–C) groups is 1. The van der Waals surface area contributed by atoms with Gasteiger partial charge in [-0.05, 0) is 51.0 Å². The topological polar surface area (TPSA) is 54.2 Å². The minimum absolute atomic E-state index is 0. The number of hydrogen-bond acceptors (Lipinski definition) is 2. The van der Waals surface area contributed by atoms with E-state index in [1.807, 2.05) is 18.8 Å². The Hall–Kier alpha value is -0.790. The number of halogens is 1. The van der Waals surface area contributed by atoms with E-state index < -0.39 is 0 Å². The van der Waals surface area contributed by atoms with Gasteiger partial charge in [0, 0.05) is 32.4 Å². The van der Waals surface area contributed by atoms with Crippen LogP contribution in [0.1, 0.15) is 56.5 Å². The zero-order valence-electron chi connectivity index (χ0n) is 16.7. The van der Waals surface area contributed by atoms with Crippen molar-refractivity contribution < 1.29 is 0 Å². The molecule has 1 aromatic rings. The fourth-order valence-electron chi connectivity index (χ4n) is 3.82. The SMILES string of the molecule is CN=C(NCC1CCCCC1C)NC(C)Cc1c(C)nn(C)c1C.I. The summed E-state index contributed by atoms with van der Waals surface area (Å²) in [6.07, 6.45) is 6.44. The number of aromatic nitrogens is 2. The van der Waals surface area contributed by atoms with Crippen LogP contribution in [0.2, 0.25) is 0 Å². The first-order valence-corrected chi connectivity index (χ1v) is 9.38. The highest BCUT2D eigenvalue weighted by molar-refractivity contribution is 14.0. The molecule has 2 rings (SSSR count). The molecule has 0 bridgehead atoms. The van der Waals surface area contributed by atoms with Gasteiger partial charge >= 0.3 is 0 Å². The van der Waals surface area contributed by atoms with Crippen LogP contribution in [-0.4, -0.2) is 35.4 Å². The molecule has 2 N–H and O–H groups in total. The van der Waals surface area contributed by atoms with Crippen molar-refractivity contribution in [1.29, 1.82) is 0 Å². The average Bonchev–Trinajstić information content (AvgIpc) is 2.79. The van der Waals surface area contributed by atoms with Crippen molar-refractivity contribution in [3.8, 4) is 0 Å². The lowest BCUT2D eigenvalue weighted by Gasteiger charge is -2.29. The second kappa shape index (κ2) is 10.4. The summed E-state index contributed by atoms with van der Waals surface area (Å²) in [5.74, 6) is 2.51. The van der Waals surface area contributed by atoms with E-state index in [1.54, 1.807) is 0 Å². The van der Waals surface area contributed by atoms with E-state index in [1.165, 1.54) is 36.9 Å². The van der Waals surface area contributed by atoms with Crippen LogP contribution in [0.25, 0.3) is 0 Å². The maximum atomic E-state index is 4.51. The molecular weight excluding hydrogens is 425 g/mol. The van der Waals surface area contributed by atoms with Gasteiger partial charge in [-0.25, -0.2) is 0 Å². The molecule has 5 nitrogen and oxygen atoms in total. The Kier molecular flexibility index (Phi) is 9.24. The van der Waals surface area contributed by atoms with Gasteiger partial charge in [0.15, 0.2) is 5.96 Å². The van der Waals surface area contributed by atoms with Gasteiger partial charge in [0.2, 0.25) is 0 Å². The van der Waals surface area contributed by atoms with Crippen LogP contribution in [0, 0.1) is 25.7 Å². The molecule has 1 saturated carbocycles. The molecule has 0 aromatic carbocycles. The lowest BCUT2D eigenvalue weighted by Crippen LogP contribution is -2.45. The van der Waals surface area contributed by atoms with Crippen molar-refractivity contribution in [3.63, 3.8) is 0 Å². The fraction of sp³-hybridized carbons (Fsp3) is 0.789. The first kappa shape index (κ1) is 22.3. The van der Waals surface area contributed by atoms with Gasteiger partial charge in [0.1, 0.15) is 0 Å². The van der Waals surface area contributed by atoms with Gasteiger partial charge in [-0.1, -0.05) is 26.2 Å². The fourth-order valence-corrected chi connectivity index (χ4v) is 3.82. The summed E-state index contributed by atoms with van der Waals surface area (Å²) in [5.41, 5.74) is 3.72. The van der Waals surface area contributed by atoms with Crippen LogP contribution in [0.15, 0.2) is 4.99 Å². The maximum absolute atomic E-state index is 4.51. The third-order valence-electron chi connectivity index (χ3n) is 5.60. The Bertz CT molecular complexity index is 566. The van der Waals surface area contributed by atoms with Gasteiger partial charge < -0.3 is 10.6 Å². The zero-order chi connectivity index (χ0) is 17.7. The molecule has 1 aromatic heterocycles. The molecule has 0 amide bonds. The van der Waals surface area contributed by atoms with Crippen molar-refractivity contribution in [2.75, 3.05) is 13.6 Å². The molecule has 1 aliphatic carbocycles. The Labute approximate surface area is 170 Å². The highest BCUT2D eigenvalue weighted by Crippen LogP contribution is 2.28. The normalized spacial score (nSPS) is 22.2. The second-order valence-corrected chi connectivity index (χ2v) is 7.50. The Morgan fingerprint density at radius 1 is 1.32 bits per heavy atom. The molecule has 3 atom stereocenters. The van der Waals surface area contributed by atoms with E-state index in [4.69, 9.17) is 0 Å². The monoisotopic (exact) mass is 461 g/mol. The Balaban J connectivity index is 0.00000312. The standard InChI is InChI=1S/C19H35N5.HI/c1-13-9-7-8-10-17(13)12-21-19(20-5)22-14(2)11-18-15(3)23-24(6)16(18)4;/h13-14,17H,7-12H2,1-6H3,(H2,20,21,22);1H. The van der Waals surface area contributed by atoms with Crippen molar-refractivity contribution >= 4 is 29.9 Å². The molecule has 25 heavy (non-hydrogen) atoms. The predicted molar refractivity (Wildman–Crippen MR) is 117 cm³/mol. The van der Waals surface area contributed by atoms with E-state index >= 15 is 0 Å². The number of rotatable bonds is 5. The predicted octanol–water partition coefficient (Wildman–Crippen LogP) is 3.58. The summed E-state index contributed by atoms with van der Waals surface area (Å²) < 4.78 is 1.97. The molecule has 0 radical (unpaired) electrons. The van der Waals surface area contributed by atoms with Crippen LogP contribution < -0.4 is 10.6 Å². The smallest absolute Gasteiger partial charge is 0.191 e. The molecule has 0 spiro atoms. The van der Waals surface area contributed by atoms with Crippen molar-refractivity contribution in [2.24, 2.45) is 23.9 Å². The molecule has 0 aliphatic heterocycles. The average molecular weight is 461 g/mol. The lowest BCUT2D eigenvalue weighted by molar-refractivity contribution is 0.256. The van der Waals surface area contributed by atoms with Gasteiger partial charge in [0.05, 0.1) is 5.69 Å².